The lowest BCUT2D eigenvalue weighted by molar-refractivity contribution is 0.108. The third-order valence-electron chi connectivity index (χ3n) is 5.53. The van der Waals surface area contributed by atoms with E-state index < -0.39 is 12.3 Å². The van der Waals surface area contributed by atoms with Gasteiger partial charge in [0.15, 0.2) is 12.1 Å². The van der Waals surface area contributed by atoms with Gasteiger partial charge in [-0.3, -0.25) is 10.2 Å². The lowest BCUT2D eigenvalue weighted by atomic mass is 10.2. The summed E-state index contributed by atoms with van der Waals surface area (Å²) in [5, 5.41) is 21.0. The number of carbonyl (C=O) groups excluding carboxylic acids is 2. The van der Waals surface area contributed by atoms with Crippen molar-refractivity contribution in [3.05, 3.63) is 64.9 Å². The van der Waals surface area contributed by atoms with Crippen LogP contribution in [0, 0.1) is 0 Å². The van der Waals surface area contributed by atoms with Gasteiger partial charge in [-0.1, -0.05) is 35.5 Å². The van der Waals surface area contributed by atoms with Crippen molar-refractivity contribution in [2.45, 2.75) is 25.0 Å². The number of urea groups is 2. The van der Waals surface area contributed by atoms with Crippen LogP contribution in [0.15, 0.2) is 53.5 Å². The predicted octanol–water partition coefficient (Wildman–Crippen LogP) is 3.44. The van der Waals surface area contributed by atoms with Crippen molar-refractivity contribution in [2.75, 3.05) is 18.4 Å². The average Bonchev–Trinajstić information content (AvgIpc) is 3.57. The molecule has 186 valence electrons. The van der Waals surface area contributed by atoms with Crippen LogP contribution >= 0.6 is 23.4 Å². The van der Waals surface area contributed by atoms with Crippen LogP contribution < -0.4 is 15.4 Å². The maximum Gasteiger partial charge on any atom is 0.331 e. The van der Waals surface area contributed by atoms with Gasteiger partial charge >= 0.3 is 12.1 Å². The molecular weight excluding hydrogens is 506 g/mol. The monoisotopic (exact) mass is 527 g/mol. The number of hydrogen-bond donors (Lipinski definition) is 3. The van der Waals surface area contributed by atoms with Gasteiger partial charge in [-0.25, -0.2) is 24.6 Å². The number of halogens is 1. The third kappa shape index (κ3) is 5.21. The molecule has 3 heterocycles. The molecule has 0 aliphatic carbocycles. The van der Waals surface area contributed by atoms with Crippen LogP contribution in [0.4, 0.5) is 15.3 Å². The van der Waals surface area contributed by atoms with E-state index in [-0.39, 0.29) is 24.4 Å². The third-order valence-corrected chi connectivity index (χ3v) is 6.86. The quantitative estimate of drug-likeness (QED) is 0.424. The Morgan fingerprint density at radius 2 is 1.94 bits per heavy atom. The summed E-state index contributed by atoms with van der Waals surface area (Å²) in [6, 6.07) is 13.5. The molecule has 5 rings (SSSR count). The molecule has 3 N–H and O–H groups in total. The molecule has 1 aromatic heterocycles. The first kappa shape index (κ1) is 23.9. The molecule has 4 amide bonds. The van der Waals surface area contributed by atoms with Crippen LogP contribution in [0.25, 0.3) is 0 Å². The zero-order valence-corrected chi connectivity index (χ0v) is 20.7. The van der Waals surface area contributed by atoms with E-state index in [4.69, 9.17) is 16.3 Å². The maximum absolute atomic E-state index is 13.1. The van der Waals surface area contributed by atoms with Crippen molar-refractivity contribution < 1.29 is 14.3 Å². The topological polar surface area (TPSA) is 141 Å². The number of aromatic amines is 1. The van der Waals surface area contributed by atoms with Gasteiger partial charge in [0.2, 0.25) is 0 Å². The number of hydrogen-bond acceptors (Lipinski definition) is 9. The zero-order valence-electron chi connectivity index (χ0n) is 19.1. The Morgan fingerprint density at radius 1 is 1.17 bits per heavy atom. The summed E-state index contributed by atoms with van der Waals surface area (Å²) in [6.07, 6.45) is -0.749. The minimum absolute atomic E-state index is 0.0160. The van der Waals surface area contributed by atoms with Crippen molar-refractivity contribution in [2.24, 2.45) is 4.99 Å². The van der Waals surface area contributed by atoms with Crippen LogP contribution in [-0.2, 0) is 6.54 Å². The van der Waals surface area contributed by atoms with Gasteiger partial charge in [-0.05, 0) is 59.3 Å². The van der Waals surface area contributed by atoms with Gasteiger partial charge in [0.1, 0.15) is 5.75 Å². The molecule has 12 nitrogen and oxygen atoms in total. The molecule has 2 aromatic carbocycles. The normalized spacial score (nSPS) is 19.8. The number of aliphatic imine (C=N–C) groups is 1. The van der Waals surface area contributed by atoms with E-state index in [9.17, 15) is 9.59 Å². The predicted molar refractivity (Wildman–Crippen MR) is 135 cm³/mol. The Hall–Kier alpha value is -3.84. The summed E-state index contributed by atoms with van der Waals surface area (Å²) >= 11 is 7.43. The minimum Gasteiger partial charge on any atom is -0.434 e. The summed E-state index contributed by atoms with van der Waals surface area (Å²) in [5.41, 5.74) is 1.57. The SMILES string of the molecule is CCN1C(=O)NC(Nc2ccc(OC3=NCC(c4nnn[nH]4)S3)cc2)N(Cc2ccc(Cl)cc2)C1=O. The number of nitrogens with zero attached hydrogens (tertiary/aromatic N) is 6. The van der Waals surface area contributed by atoms with Crippen LogP contribution in [0.2, 0.25) is 5.02 Å². The van der Waals surface area contributed by atoms with Gasteiger partial charge in [0.25, 0.3) is 5.23 Å². The number of ether oxygens (including phenoxy) is 1. The molecule has 2 unspecified atom stereocenters. The smallest absolute Gasteiger partial charge is 0.331 e. The first-order valence-corrected chi connectivity index (χ1v) is 12.4. The number of benzene rings is 2. The van der Waals surface area contributed by atoms with Gasteiger partial charge in [0.05, 0.1) is 18.3 Å². The van der Waals surface area contributed by atoms with E-state index in [0.29, 0.717) is 34.1 Å². The molecule has 2 aliphatic heterocycles. The number of H-pyrrole nitrogens is 1. The summed E-state index contributed by atoms with van der Waals surface area (Å²) in [5.74, 6) is 1.25. The molecule has 1 fully saturated rings. The molecule has 0 saturated carbocycles. The van der Waals surface area contributed by atoms with Gasteiger partial charge in [-0.15, -0.1) is 5.10 Å². The zero-order chi connectivity index (χ0) is 25.1. The highest BCUT2D eigenvalue weighted by molar-refractivity contribution is 8.14. The summed E-state index contributed by atoms with van der Waals surface area (Å²) < 4.78 is 5.87. The fourth-order valence-corrected chi connectivity index (χ4v) is 4.72. The fourth-order valence-electron chi connectivity index (χ4n) is 3.70. The van der Waals surface area contributed by atoms with E-state index in [2.05, 4.69) is 36.3 Å². The van der Waals surface area contributed by atoms with Crippen LogP contribution in [0.5, 0.6) is 5.75 Å². The van der Waals surface area contributed by atoms with Crippen molar-refractivity contribution in [3.63, 3.8) is 0 Å². The van der Waals surface area contributed by atoms with Crippen LogP contribution in [0.1, 0.15) is 23.6 Å². The lowest BCUT2D eigenvalue weighted by Gasteiger charge is -2.41. The summed E-state index contributed by atoms with van der Waals surface area (Å²) in [4.78, 5) is 32.7. The summed E-state index contributed by atoms with van der Waals surface area (Å²) in [7, 11) is 0. The first-order valence-electron chi connectivity index (χ1n) is 11.1. The molecule has 0 spiro atoms. The number of carbonyl (C=O) groups is 2. The average molecular weight is 528 g/mol. The number of tetrazole rings is 1. The van der Waals surface area contributed by atoms with Crippen molar-refractivity contribution >= 4 is 46.3 Å². The highest BCUT2D eigenvalue weighted by atomic mass is 35.5. The molecule has 2 atom stereocenters. The Labute approximate surface area is 215 Å². The van der Waals surface area contributed by atoms with Crippen molar-refractivity contribution in [1.82, 2.24) is 35.7 Å². The Bertz CT molecular complexity index is 1250. The number of nitrogens with one attached hydrogen (secondary N) is 3. The van der Waals surface area contributed by atoms with E-state index in [1.165, 1.54) is 11.8 Å². The fraction of sp³-hybridized carbons (Fsp3) is 0.273. The van der Waals surface area contributed by atoms with E-state index in [0.717, 1.165) is 10.5 Å². The van der Waals surface area contributed by atoms with Crippen molar-refractivity contribution in [1.29, 1.82) is 0 Å². The molecule has 1 saturated heterocycles. The van der Waals surface area contributed by atoms with E-state index in [1.807, 2.05) is 12.1 Å². The van der Waals surface area contributed by atoms with Crippen molar-refractivity contribution in [3.8, 4) is 5.75 Å². The number of thioether (sulfide) groups is 1. The Balaban J connectivity index is 1.25. The highest BCUT2D eigenvalue weighted by Crippen LogP contribution is 2.34. The molecular formula is C22H22ClN9O3S. The second-order valence-electron chi connectivity index (χ2n) is 7.90. The maximum atomic E-state index is 13.1. The minimum atomic E-state index is -0.749. The van der Waals surface area contributed by atoms with Crippen LogP contribution in [0.3, 0.4) is 0 Å². The number of anilines is 1. The molecule has 2 aliphatic rings. The van der Waals surface area contributed by atoms with Crippen LogP contribution in [-0.4, -0.2) is 67.1 Å². The molecule has 0 bridgehead atoms. The first-order chi connectivity index (χ1) is 17.5. The Kier molecular flexibility index (Phi) is 6.91. The second-order valence-corrected chi connectivity index (χ2v) is 9.49. The van der Waals surface area contributed by atoms with E-state index in [1.54, 1.807) is 48.2 Å². The lowest BCUT2D eigenvalue weighted by Crippen LogP contribution is -2.66. The number of rotatable bonds is 7. The molecule has 36 heavy (non-hydrogen) atoms. The van der Waals surface area contributed by atoms with Gasteiger partial charge in [0, 0.05) is 17.3 Å². The largest absolute Gasteiger partial charge is 0.434 e. The molecule has 14 heteroatoms. The van der Waals surface area contributed by atoms with Gasteiger partial charge < -0.3 is 10.1 Å². The Morgan fingerprint density at radius 3 is 2.64 bits per heavy atom. The standard InChI is InChI=1S/C22H22ClN9O3S/c1-2-31-20(33)26-19(32(22(31)34)12-13-3-5-14(23)6-4-13)25-15-7-9-16(10-8-15)35-21-24-11-17(36-21)18-27-29-30-28-18/h3-10,17,19,25H,2,11-12H2,1H3,(H,26,33)(H,27,28,29,30). The second kappa shape index (κ2) is 10.4. The number of aromatic nitrogens is 4. The van der Waals surface area contributed by atoms with Gasteiger partial charge in [-0.2, -0.15) is 0 Å². The summed E-state index contributed by atoms with van der Waals surface area (Å²) in [6.45, 7) is 2.81. The number of amides is 4. The molecule has 3 aromatic rings. The highest BCUT2D eigenvalue weighted by Gasteiger charge is 2.37. The molecule has 0 radical (unpaired) electrons. The number of imide groups is 1. The van der Waals surface area contributed by atoms with E-state index >= 15 is 0 Å².